The number of hydrogen-bond donors (Lipinski definition) is 0. The second kappa shape index (κ2) is 8.39. The number of benzene rings is 2. The van der Waals surface area contributed by atoms with E-state index < -0.39 is 0 Å². The lowest BCUT2D eigenvalue weighted by molar-refractivity contribution is 0.141. The molecule has 32 heavy (non-hydrogen) atoms. The summed E-state index contributed by atoms with van der Waals surface area (Å²) in [5, 5.41) is 0.458. The van der Waals surface area contributed by atoms with Crippen molar-refractivity contribution in [3.05, 3.63) is 65.2 Å². The average Bonchev–Trinajstić information content (AvgIpc) is 3.15. The second-order valence-corrected chi connectivity index (χ2v) is 7.41. The van der Waals surface area contributed by atoms with Crippen LogP contribution in [0.15, 0.2) is 59.7 Å². The molecular weight excluding hydrogens is 406 g/mol. The van der Waals surface area contributed by atoms with E-state index in [0.717, 1.165) is 23.1 Å². The molecule has 162 valence electrons. The van der Waals surface area contributed by atoms with Gasteiger partial charge in [-0.3, -0.25) is 13.9 Å². The number of aromatic nitrogens is 5. The number of aryl methyl sites for hydroxylation is 1. The van der Waals surface area contributed by atoms with Crippen molar-refractivity contribution < 1.29 is 9.47 Å². The van der Waals surface area contributed by atoms with Gasteiger partial charge in [-0.15, -0.1) is 0 Å². The maximum absolute atomic E-state index is 13.5. The Kier molecular flexibility index (Phi) is 5.28. The third-order valence-corrected chi connectivity index (χ3v) is 5.43. The number of hydrogen-bond acceptors (Lipinski definition) is 6. The second-order valence-electron chi connectivity index (χ2n) is 7.41. The van der Waals surface area contributed by atoms with Crippen LogP contribution in [-0.4, -0.2) is 44.4 Å². The number of fused-ring (bicyclic) bond motifs is 4. The summed E-state index contributed by atoms with van der Waals surface area (Å²) >= 11 is 0. The van der Waals surface area contributed by atoms with Gasteiger partial charge in [-0.1, -0.05) is 18.2 Å². The lowest BCUT2D eigenvalue weighted by Crippen LogP contribution is -2.21. The van der Waals surface area contributed by atoms with Crippen molar-refractivity contribution >= 4 is 33.2 Å². The van der Waals surface area contributed by atoms with Crippen LogP contribution in [0, 0.1) is 0 Å². The van der Waals surface area contributed by atoms with E-state index in [1.165, 1.54) is 0 Å². The van der Waals surface area contributed by atoms with Gasteiger partial charge in [0.25, 0.3) is 5.56 Å². The smallest absolute Gasteiger partial charge is 0.265 e. The summed E-state index contributed by atoms with van der Waals surface area (Å²) in [5.41, 5.74) is 3.80. The summed E-state index contributed by atoms with van der Waals surface area (Å²) in [6.07, 6.45) is 2.32. The summed E-state index contributed by atoms with van der Waals surface area (Å²) in [6.45, 7) is 3.73. The highest BCUT2D eigenvalue weighted by molar-refractivity contribution is 6.05. The van der Waals surface area contributed by atoms with Crippen molar-refractivity contribution in [3.63, 3.8) is 0 Å². The summed E-state index contributed by atoms with van der Waals surface area (Å²) in [7, 11) is 1.62. The fourth-order valence-corrected chi connectivity index (χ4v) is 3.91. The quantitative estimate of drug-likeness (QED) is 0.367. The van der Waals surface area contributed by atoms with Gasteiger partial charge in [-0.05, 0) is 37.6 Å². The Morgan fingerprint density at radius 3 is 2.59 bits per heavy atom. The molecule has 3 heterocycles. The molecule has 2 aromatic carbocycles. The van der Waals surface area contributed by atoms with Gasteiger partial charge in [0.15, 0.2) is 11.3 Å². The molecule has 8 nitrogen and oxygen atoms in total. The molecular formula is C24H23N5O3. The molecule has 0 unspecified atom stereocenters. The molecule has 0 atom stereocenters. The molecule has 5 rings (SSSR count). The molecule has 0 aliphatic rings. The zero-order chi connectivity index (χ0) is 22.1. The molecule has 0 saturated heterocycles. The molecule has 0 aliphatic heterocycles. The highest BCUT2D eigenvalue weighted by Gasteiger charge is 2.21. The van der Waals surface area contributed by atoms with Crippen molar-refractivity contribution in [1.82, 2.24) is 24.1 Å². The standard InChI is InChI=1S/C24H23N5O3/c1-3-32-13-7-12-28-15-25-22-20(24(28)30)21-23(27-19-11-5-4-10-18(19)26-21)29(22)16-8-6-9-17(14-16)31-2/h4-6,8-11,14-15H,3,7,12-13H2,1-2H3. The molecule has 0 N–H and O–H groups in total. The monoisotopic (exact) mass is 429 g/mol. The number of para-hydroxylation sites is 2. The van der Waals surface area contributed by atoms with Crippen molar-refractivity contribution in [2.45, 2.75) is 19.9 Å². The predicted octanol–water partition coefficient (Wildman–Crippen LogP) is 3.72. The van der Waals surface area contributed by atoms with E-state index in [-0.39, 0.29) is 5.56 Å². The van der Waals surface area contributed by atoms with Crippen LogP contribution in [0.1, 0.15) is 13.3 Å². The average molecular weight is 429 g/mol. The van der Waals surface area contributed by atoms with E-state index in [1.54, 1.807) is 18.0 Å². The van der Waals surface area contributed by atoms with Gasteiger partial charge in [0.1, 0.15) is 16.7 Å². The third-order valence-electron chi connectivity index (χ3n) is 5.43. The maximum atomic E-state index is 13.5. The van der Waals surface area contributed by atoms with E-state index in [0.29, 0.717) is 47.7 Å². The highest BCUT2D eigenvalue weighted by atomic mass is 16.5. The van der Waals surface area contributed by atoms with Crippen LogP contribution in [0.4, 0.5) is 0 Å². The van der Waals surface area contributed by atoms with Crippen LogP contribution in [-0.2, 0) is 11.3 Å². The molecule has 8 heteroatoms. The molecule has 0 radical (unpaired) electrons. The Bertz CT molecular complexity index is 1490. The van der Waals surface area contributed by atoms with Gasteiger partial charge in [0, 0.05) is 25.8 Å². The van der Waals surface area contributed by atoms with Crippen LogP contribution in [0.5, 0.6) is 5.75 Å². The van der Waals surface area contributed by atoms with Gasteiger partial charge in [-0.2, -0.15) is 0 Å². The van der Waals surface area contributed by atoms with Gasteiger partial charge in [0.2, 0.25) is 0 Å². The van der Waals surface area contributed by atoms with E-state index in [9.17, 15) is 4.79 Å². The Morgan fingerprint density at radius 1 is 1.00 bits per heavy atom. The summed E-state index contributed by atoms with van der Waals surface area (Å²) in [6, 6.07) is 15.2. The molecule has 0 saturated carbocycles. The molecule has 0 spiro atoms. The van der Waals surface area contributed by atoms with Crippen LogP contribution in [0.25, 0.3) is 38.9 Å². The van der Waals surface area contributed by atoms with Crippen LogP contribution in [0.2, 0.25) is 0 Å². The van der Waals surface area contributed by atoms with Crippen molar-refractivity contribution in [3.8, 4) is 11.4 Å². The molecule has 0 bridgehead atoms. The van der Waals surface area contributed by atoms with E-state index in [4.69, 9.17) is 19.4 Å². The van der Waals surface area contributed by atoms with E-state index >= 15 is 0 Å². The van der Waals surface area contributed by atoms with Crippen LogP contribution >= 0.6 is 0 Å². The molecule has 0 fully saturated rings. The Labute approximate surface area is 184 Å². The summed E-state index contributed by atoms with van der Waals surface area (Å²) < 4.78 is 14.3. The highest BCUT2D eigenvalue weighted by Crippen LogP contribution is 2.29. The minimum atomic E-state index is -0.136. The first-order chi connectivity index (χ1) is 15.7. The third kappa shape index (κ3) is 3.38. The number of nitrogens with zero attached hydrogens (tertiary/aromatic N) is 5. The SMILES string of the molecule is CCOCCCn1cnc2c(c1=O)c1nc3ccccc3nc1n2-c1cccc(OC)c1. The van der Waals surface area contributed by atoms with Crippen LogP contribution in [0.3, 0.4) is 0 Å². The van der Waals surface area contributed by atoms with Crippen molar-refractivity contribution in [2.24, 2.45) is 0 Å². The Morgan fingerprint density at radius 2 is 1.81 bits per heavy atom. The Hall–Kier alpha value is -3.78. The van der Waals surface area contributed by atoms with Crippen molar-refractivity contribution in [2.75, 3.05) is 20.3 Å². The first-order valence-electron chi connectivity index (χ1n) is 10.6. The maximum Gasteiger partial charge on any atom is 0.265 e. The molecule has 0 amide bonds. The van der Waals surface area contributed by atoms with Crippen LogP contribution < -0.4 is 10.3 Å². The fourth-order valence-electron chi connectivity index (χ4n) is 3.91. The summed E-state index contributed by atoms with van der Waals surface area (Å²) in [4.78, 5) is 27.8. The van der Waals surface area contributed by atoms with E-state index in [1.807, 2.05) is 60.0 Å². The minimum absolute atomic E-state index is 0.136. The topological polar surface area (TPSA) is 84.1 Å². The first kappa shape index (κ1) is 20.1. The van der Waals surface area contributed by atoms with Gasteiger partial charge in [-0.25, -0.2) is 15.0 Å². The minimum Gasteiger partial charge on any atom is -0.497 e. The lowest BCUT2D eigenvalue weighted by atomic mass is 10.3. The number of methoxy groups -OCH3 is 1. The molecule has 3 aromatic heterocycles. The van der Waals surface area contributed by atoms with Gasteiger partial charge in [0.05, 0.1) is 30.2 Å². The first-order valence-corrected chi connectivity index (χ1v) is 10.6. The Balaban J connectivity index is 1.80. The normalized spacial score (nSPS) is 11.6. The van der Waals surface area contributed by atoms with Crippen molar-refractivity contribution in [1.29, 1.82) is 0 Å². The fraction of sp³-hybridized carbons (Fsp3) is 0.250. The van der Waals surface area contributed by atoms with E-state index in [2.05, 4.69) is 4.98 Å². The zero-order valence-electron chi connectivity index (χ0n) is 18.0. The predicted molar refractivity (Wildman–Crippen MR) is 124 cm³/mol. The van der Waals surface area contributed by atoms with Gasteiger partial charge < -0.3 is 9.47 Å². The molecule has 0 aliphatic carbocycles. The number of ether oxygens (including phenoxy) is 2. The molecule has 5 aromatic rings. The van der Waals surface area contributed by atoms with Gasteiger partial charge >= 0.3 is 0 Å². The lowest BCUT2D eigenvalue weighted by Gasteiger charge is -2.09. The largest absolute Gasteiger partial charge is 0.497 e. The number of rotatable bonds is 7. The zero-order valence-corrected chi connectivity index (χ0v) is 18.0. The summed E-state index contributed by atoms with van der Waals surface area (Å²) in [5.74, 6) is 0.704.